The van der Waals surface area contributed by atoms with Gasteiger partial charge in [-0.15, -0.1) is 16.8 Å². The Hall–Kier alpha value is -2.08. The molecule has 1 amide bonds. The van der Waals surface area contributed by atoms with Crippen molar-refractivity contribution in [2.75, 3.05) is 0 Å². The van der Waals surface area contributed by atoms with Crippen LogP contribution in [0.3, 0.4) is 0 Å². The molecule has 1 N–H and O–H groups in total. The SMILES string of the molecule is C=CCn1c(SC(C)C(=O)NC(C)(C)C)nnc1-c1ccc(C(C)(C)C)cc1. The van der Waals surface area contributed by atoms with Crippen LogP contribution in [0.2, 0.25) is 0 Å². The fraction of sp³-hybridized carbons (Fsp3) is 0.500. The van der Waals surface area contributed by atoms with Crippen LogP contribution in [-0.2, 0) is 16.8 Å². The van der Waals surface area contributed by atoms with Gasteiger partial charge in [0.15, 0.2) is 11.0 Å². The van der Waals surface area contributed by atoms with Gasteiger partial charge in [-0.2, -0.15) is 0 Å². The van der Waals surface area contributed by atoms with Crippen molar-refractivity contribution in [3.8, 4) is 11.4 Å². The maximum absolute atomic E-state index is 12.4. The van der Waals surface area contributed by atoms with Gasteiger partial charge in [0.1, 0.15) is 0 Å². The predicted octanol–water partition coefficient (Wildman–Crippen LogP) is 4.82. The molecular weight excluding hydrogens is 368 g/mol. The average molecular weight is 401 g/mol. The first kappa shape index (κ1) is 22.2. The molecule has 0 radical (unpaired) electrons. The molecule has 0 aliphatic rings. The lowest BCUT2D eigenvalue weighted by Gasteiger charge is -2.23. The molecule has 0 bridgehead atoms. The van der Waals surface area contributed by atoms with Crippen LogP contribution in [0.15, 0.2) is 42.1 Å². The lowest BCUT2D eigenvalue weighted by Crippen LogP contribution is -2.44. The Kier molecular flexibility index (Phi) is 6.75. The molecule has 1 atom stereocenters. The summed E-state index contributed by atoms with van der Waals surface area (Å²) in [5, 5.41) is 12.2. The molecule has 0 aliphatic heterocycles. The molecular formula is C22H32N4OS. The molecule has 6 heteroatoms. The normalized spacial score (nSPS) is 13.2. The van der Waals surface area contributed by atoms with E-state index in [1.165, 1.54) is 17.3 Å². The van der Waals surface area contributed by atoms with Crippen molar-refractivity contribution >= 4 is 17.7 Å². The third kappa shape index (κ3) is 5.71. The van der Waals surface area contributed by atoms with Crippen LogP contribution in [0.4, 0.5) is 0 Å². The molecule has 1 heterocycles. The minimum atomic E-state index is -0.275. The van der Waals surface area contributed by atoms with E-state index in [1.54, 1.807) is 0 Å². The summed E-state index contributed by atoms with van der Waals surface area (Å²) in [4.78, 5) is 12.4. The number of benzene rings is 1. The van der Waals surface area contributed by atoms with Crippen LogP contribution < -0.4 is 5.32 Å². The number of carbonyl (C=O) groups is 1. The molecule has 0 fully saturated rings. The number of rotatable bonds is 6. The fourth-order valence-electron chi connectivity index (χ4n) is 2.69. The highest BCUT2D eigenvalue weighted by Crippen LogP contribution is 2.29. The minimum Gasteiger partial charge on any atom is -0.351 e. The second-order valence-corrected chi connectivity index (χ2v) is 10.3. The molecule has 1 aromatic heterocycles. The van der Waals surface area contributed by atoms with Crippen molar-refractivity contribution in [3.05, 3.63) is 42.5 Å². The molecule has 0 spiro atoms. The summed E-state index contributed by atoms with van der Waals surface area (Å²) in [6.07, 6.45) is 1.82. The summed E-state index contributed by atoms with van der Waals surface area (Å²) in [6.45, 7) is 18.8. The zero-order chi connectivity index (χ0) is 21.1. The molecule has 2 aromatic rings. The number of amides is 1. The lowest BCUT2D eigenvalue weighted by atomic mass is 9.87. The minimum absolute atomic E-state index is 0.0123. The largest absolute Gasteiger partial charge is 0.351 e. The van der Waals surface area contributed by atoms with Gasteiger partial charge in [-0.05, 0) is 38.7 Å². The number of carbonyl (C=O) groups excluding carboxylic acids is 1. The Morgan fingerprint density at radius 1 is 1.18 bits per heavy atom. The average Bonchev–Trinajstić information content (AvgIpc) is 2.95. The van der Waals surface area contributed by atoms with Crippen LogP contribution in [-0.4, -0.2) is 31.5 Å². The van der Waals surface area contributed by atoms with Crippen molar-refractivity contribution in [1.29, 1.82) is 0 Å². The van der Waals surface area contributed by atoms with Gasteiger partial charge in [0.2, 0.25) is 5.91 Å². The van der Waals surface area contributed by atoms with Gasteiger partial charge in [-0.3, -0.25) is 9.36 Å². The quantitative estimate of drug-likeness (QED) is 0.558. The summed E-state index contributed by atoms with van der Waals surface area (Å²) >= 11 is 1.41. The van der Waals surface area contributed by atoms with Gasteiger partial charge in [0, 0.05) is 17.6 Å². The highest BCUT2D eigenvalue weighted by Gasteiger charge is 2.23. The third-order valence-electron chi connectivity index (χ3n) is 4.19. The Morgan fingerprint density at radius 2 is 1.79 bits per heavy atom. The Labute approximate surface area is 173 Å². The van der Waals surface area contributed by atoms with E-state index in [1.807, 2.05) is 38.3 Å². The Bertz CT molecular complexity index is 826. The van der Waals surface area contributed by atoms with Crippen LogP contribution in [0, 0.1) is 0 Å². The first-order chi connectivity index (χ1) is 12.9. The van der Waals surface area contributed by atoms with E-state index in [9.17, 15) is 4.79 Å². The number of allylic oxidation sites excluding steroid dienone is 1. The molecule has 1 unspecified atom stereocenters. The first-order valence-electron chi connectivity index (χ1n) is 9.56. The van der Waals surface area contributed by atoms with Crippen molar-refractivity contribution in [2.45, 2.75) is 76.4 Å². The zero-order valence-electron chi connectivity index (χ0n) is 18.0. The third-order valence-corrected chi connectivity index (χ3v) is 5.27. The Morgan fingerprint density at radius 3 is 2.29 bits per heavy atom. The summed E-state index contributed by atoms with van der Waals surface area (Å²) in [5.74, 6) is 0.771. The second kappa shape index (κ2) is 8.52. The van der Waals surface area contributed by atoms with E-state index < -0.39 is 0 Å². The van der Waals surface area contributed by atoms with E-state index in [0.29, 0.717) is 11.7 Å². The van der Waals surface area contributed by atoms with E-state index in [-0.39, 0.29) is 22.1 Å². The number of aromatic nitrogens is 3. The monoisotopic (exact) mass is 400 g/mol. The van der Waals surface area contributed by atoms with Gasteiger partial charge in [0.05, 0.1) is 5.25 Å². The molecule has 5 nitrogen and oxygen atoms in total. The van der Waals surface area contributed by atoms with Crippen molar-refractivity contribution in [1.82, 2.24) is 20.1 Å². The van der Waals surface area contributed by atoms with Gasteiger partial charge < -0.3 is 5.32 Å². The first-order valence-corrected chi connectivity index (χ1v) is 10.4. The van der Waals surface area contributed by atoms with Gasteiger partial charge in [-0.25, -0.2) is 0 Å². The smallest absolute Gasteiger partial charge is 0.233 e. The summed E-state index contributed by atoms with van der Waals surface area (Å²) < 4.78 is 2.00. The predicted molar refractivity (Wildman–Crippen MR) is 118 cm³/mol. The van der Waals surface area contributed by atoms with Crippen molar-refractivity contribution < 1.29 is 4.79 Å². The lowest BCUT2D eigenvalue weighted by molar-refractivity contribution is -0.121. The van der Waals surface area contributed by atoms with Gasteiger partial charge in [0.25, 0.3) is 0 Å². The van der Waals surface area contributed by atoms with E-state index >= 15 is 0 Å². The number of hydrogen-bond acceptors (Lipinski definition) is 4. The number of hydrogen-bond donors (Lipinski definition) is 1. The van der Waals surface area contributed by atoms with Crippen LogP contribution in [0.1, 0.15) is 54.0 Å². The standard InChI is InChI=1S/C22H32N4OS/c1-9-14-26-18(16-10-12-17(13-11-16)21(3,4)5)24-25-20(26)28-15(2)19(27)23-22(6,7)8/h9-13,15H,1,14H2,2-8H3,(H,23,27). The second-order valence-electron chi connectivity index (χ2n) is 9.03. The highest BCUT2D eigenvalue weighted by molar-refractivity contribution is 8.00. The van der Waals surface area contributed by atoms with Crippen LogP contribution in [0.25, 0.3) is 11.4 Å². The molecule has 2 rings (SSSR count). The topological polar surface area (TPSA) is 59.8 Å². The maximum Gasteiger partial charge on any atom is 0.233 e. The molecule has 0 saturated heterocycles. The highest BCUT2D eigenvalue weighted by atomic mass is 32.2. The Balaban J connectivity index is 2.28. The van der Waals surface area contributed by atoms with Crippen LogP contribution in [0.5, 0.6) is 0 Å². The number of thioether (sulfide) groups is 1. The number of nitrogens with zero attached hydrogens (tertiary/aromatic N) is 3. The summed E-state index contributed by atoms with van der Waals surface area (Å²) in [7, 11) is 0. The van der Waals surface area contributed by atoms with Crippen molar-refractivity contribution in [2.24, 2.45) is 0 Å². The molecule has 152 valence electrons. The summed E-state index contributed by atoms with van der Waals surface area (Å²) in [6, 6.07) is 8.42. The molecule has 28 heavy (non-hydrogen) atoms. The van der Waals surface area contributed by atoms with Crippen LogP contribution >= 0.6 is 11.8 Å². The van der Waals surface area contributed by atoms with Gasteiger partial charge in [-0.1, -0.05) is 62.9 Å². The molecule has 0 saturated carbocycles. The van der Waals surface area contributed by atoms with Crippen molar-refractivity contribution in [3.63, 3.8) is 0 Å². The number of nitrogens with one attached hydrogen (secondary N) is 1. The molecule has 1 aromatic carbocycles. The maximum atomic E-state index is 12.4. The zero-order valence-corrected chi connectivity index (χ0v) is 18.9. The van der Waals surface area contributed by atoms with Gasteiger partial charge >= 0.3 is 0 Å². The van der Waals surface area contributed by atoms with E-state index in [4.69, 9.17) is 0 Å². The molecule has 0 aliphatic carbocycles. The van der Waals surface area contributed by atoms with E-state index in [0.717, 1.165) is 11.4 Å². The summed E-state index contributed by atoms with van der Waals surface area (Å²) in [5.41, 5.74) is 2.11. The van der Waals surface area contributed by atoms with E-state index in [2.05, 4.69) is 67.1 Å². The fourth-order valence-corrected chi connectivity index (χ4v) is 3.54.